The van der Waals surface area contributed by atoms with Crippen molar-refractivity contribution in [1.82, 2.24) is 9.71 Å². The molecule has 0 radical (unpaired) electrons. The molecule has 2 atom stereocenters. The summed E-state index contributed by atoms with van der Waals surface area (Å²) in [7, 11) is -4.06. The van der Waals surface area contributed by atoms with E-state index >= 15 is 0 Å². The van der Waals surface area contributed by atoms with E-state index in [9.17, 15) is 22.7 Å². The molecule has 1 aliphatic heterocycles. The lowest BCUT2D eigenvalue weighted by atomic mass is 9.88. The van der Waals surface area contributed by atoms with Gasteiger partial charge in [0.2, 0.25) is 15.9 Å². The first kappa shape index (κ1) is 27.7. The lowest BCUT2D eigenvalue weighted by Crippen LogP contribution is -2.53. The quantitative estimate of drug-likeness (QED) is 0.462. The summed E-state index contributed by atoms with van der Waals surface area (Å²) in [5.74, 6) is -0.969. The number of aliphatic hydroxyl groups excluding tert-OH is 1. The number of hydrogen-bond acceptors (Lipinski definition) is 6. The zero-order valence-corrected chi connectivity index (χ0v) is 22.8. The predicted octanol–water partition coefficient (Wildman–Crippen LogP) is 4.31. The summed E-state index contributed by atoms with van der Waals surface area (Å²) in [6, 6.07) is 11.3. The second kappa shape index (κ2) is 10.4. The van der Waals surface area contributed by atoms with Crippen LogP contribution in [-0.2, 0) is 16.4 Å². The number of rotatable bonds is 7. The van der Waals surface area contributed by atoms with Gasteiger partial charge < -0.3 is 14.7 Å². The molecule has 2 N–H and O–H groups in total. The van der Waals surface area contributed by atoms with Crippen LogP contribution < -0.4 is 14.4 Å². The molecule has 0 fully saturated rings. The molecule has 0 saturated heterocycles. The summed E-state index contributed by atoms with van der Waals surface area (Å²) >= 11 is 0. The molecule has 8 nitrogen and oxygen atoms in total. The van der Waals surface area contributed by atoms with Gasteiger partial charge in [-0.2, -0.15) is 0 Å². The third-order valence-corrected chi connectivity index (χ3v) is 8.18. The van der Waals surface area contributed by atoms with Gasteiger partial charge in [-0.15, -0.1) is 0 Å². The largest absolute Gasteiger partial charge is 0.469 e. The third kappa shape index (κ3) is 5.29. The molecule has 10 heteroatoms. The molecule has 0 saturated carbocycles. The van der Waals surface area contributed by atoms with Crippen LogP contribution in [0.3, 0.4) is 0 Å². The zero-order chi connectivity index (χ0) is 27.8. The number of ether oxygens (including phenoxy) is 1. The molecule has 4 rings (SSSR count). The van der Waals surface area contributed by atoms with Gasteiger partial charge in [-0.3, -0.25) is 4.79 Å². The lowest BCUT2D eigenvalue weighted by Gasteiger charge is -2.41. The van der Waals surface area contributed by atoms with Crippen LogP contribution in [0.25, 0.3) is 0 Å². The smallest absolute Gasteiger partial charge is 0.259 e. The van der Waals surface area contributed by atoms with Gasteiger partial charge in [0.05, 0.1) is 22.2 Å². The number of nitrogens with one attached hydrogen (secondary N) is 1. The van der Waals surface area contributed by atoms with Crippen LogP contribution in [0.15, 0.2) is 59.6 Å². The Morgan fingerprint density at radius 3 is 2.45 bits per heavy atom. The number of aromatic nitrogens is 1. The second-order valence-corrected chi connectivity index (χ2v) is 11.6. The first-order valence-electron chi connectivity index (χ1n) is 12.4. The first-order valence-corrected chi connectivity index (χ1v) is 13.9. The summed E-state index contributed by atoms with van der Waals surface area (Å²) in [6.07, 6.45) is 0.764. The zero-order valence-electron chi connectivity index (χ0n) is 22.0. The SMILES string of the molecule is CCc1ccc(S(=O)(=O)N[C@@H]2c3cc(C(=O)N(CC)c4ccc(C)cc4F)cnc3OC(C)(C)[C@H]2O)cc1. The number of aryl methyl sites for hydroxylation is 2. The molecule has 202 valence electrons. The van der Waals surface area contributed by atoms with Crippen LogP contribution in [-0.4, -0.2) is 42.7 Å². The Balaban J connectivity index is 1.73. The molecule has 0 unspecified atom stereocenters. The number of benzene rings is 2. The highest BCUT2D eigenvalue weighted by molar-refractivity contribution is 7.89. The van der Waals surface area contributed by atoms with Gasteiger partial charge in [-0.25, -0.2) is 22.5 Å². The minimum Gasteiger partial charge on any atom is -0.469 e. The Bertz CT molecular complexity index is 1460. The van der Waals surface area contributed by atoms with Crippen LogP contribution >= 0.6 is 0 Å². The van der Waals surface area contributed by atoms with Gasteiger partial charge >= 0.3 is 0 Å². The fourth-order valence-corrected chi connectivity index (χ4v) is 5.67. The van der Waals surface area contributed by atoms with Crippen LogP contribution in [0, 0.1) is 12.7 Å². The summed E-state index contributed by atoms with van der Waals surface area (Å²) < 4.78 is 49.7. The van der Waals surface area contributed by atoms with E-state index in [1.54, 1.807) is 45.9 Å². The number of halogens is 1. The Morgan fingerprint density at radius 2 is 1.84 bits per heavy atom. The summed E-state index contributed by atoms with van der Waals surface area (Å²) in [4.78, 5) is 19.1. The predicted molar refractivity (Wildman–Crippen MR) is 142 cm³/mol. The molecule has 38 heavy (non-hydrogen) atoms. The number of aliphatic hydroxyl groups is 1. The van der Waals surface area contributed by atoms with Crippen molar-refractivity contribution in [3.05, 3.63) is 82.8 Å². The lowest BCUT2D eigenvalue weighted by molar-refractivity contribution is -0.0632. The van der Waals surface area contributed by atoms with E-state index in [1.807, 2.05) is 6.92 Å². The first-order chi connectivity index (χ1) is 17.9. The van der Waals surface area contributed by atoms with Crippen molar-refractivity contribution in [2.24, 2.45) is 0 Å². The van der Waals surface area contributed by atoms with Crippen molar-refractivity contribution in [1.29, 1.82) is 0 Å². The Morgan fingerprint density at radius 1 is 1.16 bits per heavy atom. The maximum atomic E-state index is 14.7. The Kier molecular flexibility index (Phi) is 7.60. The van der Waals surface area contributed by atoms with Gasteiger partial charge in [0.25, 0.3) is 5.91 Å². The number of carbonyl (C=O) groups excluding carboxylic acids is 1. The number of nitrogens with zero attached hydrogens (tertiary/aromatic N) is 2. The van der Waals surface area contributed by atoms with Crippen molar-refractivity contribution in [2.75, 3.05) is 11.4 Å². The Hall–Kier alpha value is -3.34. The number of sulfonamides is 1. The van der Waals surface area contributed by atoms with Crippen molar-refractivity contribution in [3.8, 4) is 5.88 Å². The van der Waals surface area contributed by atoms with Crippen LogP contribution in [0.2, 0.25) is 0 Å². The number of pyridine rings is 1. The van der Waals surface area contributed by atoms with E-state index in [0.717, 1.165) is 17.5 Å². The average molecular weight is 542 g/mol. The number of carbonyl (C=O) groups is 1. The summed E-state index contributed by atoms with van der Waals surface area (Å²) in [6.45, 7) is 8.88. The molecule has 3 aromatic rings. The molecule has 2 aromatic carbocycles. The molecule has 2 heterocycles. The normalized spacial score (nSPS) is 18.4. The van der Waals surface area contributed by atoms with Crippen LogP contribution in [0.5, 0.6) is 5.88 Å². The number of amides is 1. The minimum absolute atomic E-state index is 0.0416. The standard InChI is InChI=1S/C28H32FN3O5S/c1-6-18-9-11-20(12-10-18)38(35,36)31-24-21-15-19(16-30-26(21)37-28(4,5)25(24)33)27(34)32(7-2)23-13-8-17(3)14-22(23)29/h8-16,24-25,31,33H,6-7H2,1-5H3/t24-,25+/m1/s1. The van der Waals surface area contributed by atoms with E-state index in [-0.39, 0.29) is 34.1 Å². The van der Waals surface area contributed by atoms with Gasteiger partial charge in [0, 0.05) is 18.3 Å². The highest BCUT2D eigenvalue weighted by atomic mass is 32.2. The van der Waals surface area contributed by atoms with Gasteiger partial charge in [-0.05, 0) is 75.6 Å². The van der Waals surface area contributed by atoms with E-state index in [4.69, 9.17) is 4.74 Å². The molecule has 1 aliphatic rings. The minimum atomic E-state index is -4.06. The maximum absolute atomic E-state index is 14.7. The fraction of sp³-hybridized carbons (Fsp3) is 0.357. The fourth-order valence-electron chi connectivity index (χ4n) is 4.45. The van der Waals surface area contributed by atoms with Crippen molar-refractivity contribution in [3.63, 3.8) is 0 Å². The van der Waals surface area contributed by atoms with Gasteiger partial charge in [0.15, 0.2) is 0 Å². The molecule has 1 aromatic heterocycles. The number of hydrogen-bond donors (Lipinski definition) is 2. The molecule has 0 bridgehead atoms. The highest BCUT2D eigenvalue weighted by Crippen LogP contribution is 2.40. The van der Waals surface area contributed by atoms with E-state index in [1.165, 1.54) is 41.4 Å². The monoisotopic (exact) mass is 541 g/mol. The summed E-state index contributed by atoms with van der Waals surface area (Å²) in [5.41, 5.74) is 0.948. The highest BCUT2D eigenvalue weighted by Gasteiger charge is 2.45. The molecule has 0 aliphatic carbocycles. The topological polar surface area (TPSA) is 109 Å². The van der Waals surface area contributed by atoms with Gasteiger partial charge in [-0.1, -0.05) is 25.1 Å². The molecule has 0 spiro atoms. The van der Waals surface area contributed by atoms with Crippen molar-refractivity contribution >= 4 is 21.6 Å². The molecular weight excluding hydrogens is 509 g/mol. The van der Waals surface area contributed by atoms with Crippen molar-refractivity contribution < 1.29 is 27.4 Å². The molecule has 1 amide bonds. The number of fused-ring (bicyclic) bond motifs is 1. The van der Waals surface area contributed by atoms with Crippen LogP contribution in [0.4, 0.5) is 10.1 Å². The maximum Gasteiger partial charge on any atom is 0.259 e. The van der Waals surface area contributed by atoms with Crippen LogP contribution in [0.1, 0.15) is 60.8 Å². The van der Waals surface area contributed by atoms with E-state index < -0.39 is 39.5 Å². The van der Waals surface area contributed by atoms with Crippen molar-refractivity contribution in [2.45, 2.75) is 63.7 Å². The molecular formula is C28H32FN3O5S. The van der Waals surface area contributed by atoms with Gasteiger partial charge in [0.1, 0.15) is 17.5 Å². The van der Waals surface area contributed by atoms with E-state index in [0.29, 0.717) is 0 Å². The number of anilines is 1. The van der Waals surface area contributed by atoms with E-state index in [2.05, 4.69) is 9.71 Å². The Labute approximate surface area is 222 Å². The summed E-state index contributed by atoms with van der Waals surface area (Å²) in [5, 5.41) is 11.1. The second-order valence-electron chi connectivity index (χ2n) is 9.87. The average Bonchev–Trinajstić information content (AvgIpc) is 2.88. The third-order valence-electron chi connectivity index (χ3n) is 6.73.